The molecule has 0 saturated carbocycles. The molecule has 0 atom stereocenters. The molecule has 0 fully saturated rings. The zero-order chi connectivity index (χ0) is 15.5. The van der Waals surface area contributed by atoms with Crippen molar-refractivity contribution in [3.8, 4) is 0 Å². The minimum absolute atomic E-state index is 0.0476. The largest absolute Gasteiger partial charge is 0.433 e. The van der Waals surface area contributed by atoms with Crippen molar-refractivity contribution in [2.24, 2.45) is 5.73 Å². The lowest BCUT2D eigenvalue weighted by molar-refractivity contribution is -0.141. The molecular weight excluding hydrogens is 271 g/mol. The Bertz CT molecular complexity index is 512. The summed E-state index contributed by atoms with van der Waals surface area (Å²) in [5.41, 5.74) is 4.08. The van der Waals surface area contributed by atoms with Crippen LogP contribution in [0, 0.1) is 0 Å². The molecule has 0 saturated heterocycles. The number of primary amides is 1. The van der Waals surface area contributed by atoms with Crippen LogP contribution in [0.3, 0.4) is 0 Å². The number of hydrogen-bond acceptors (Lipinski definition) is 3. The highest BCUT2D eigenvalue weighted by Gasteiger charge is 2.34. The zero-order valence-corrected chi connectivity index (χ0v) is 11.2. The summed E-state index contributed by atoms with van der Waals surface area (Å²) in [7, 11) is 0. The monoisotopic (exact) mass is 287 g/mol. The fourth-order valence-electron chi connectivity index (χ4n) is 1.70. The maximum atomic E-state index is 12.7. The second kappa shape index (κ2) is 5.94. The summed E-state index contributed by atoms with van der Waals surface area (Å²) in [6.07, 6.45) is -3.06. The van der Waals surface area contributed by atoms with Crippen molar-refractivity contribution < 1.29 is 18.0 Å². The summed E-state index contributed by atoms with van der Waals surface area (Å²) in [6.45, 7) is 7.35. The molecule has 20 heavy (non-hydrogen) atoms. The highest BCUT2D eigenvalue weighted by molar-refractivity contribution is 5.97. The van der Waals surface area contributed by atoms with Crippen molar-refractivity contribution in [2.45, 2.75) is 26.1 Å². The first-order valence-electron chi connectivity index (χ1n) is 5.94. The number of rotatable bonds is 5. The quantitative estimate of drug-likeness (QED) is 0.847. The number of nitrogens with zero attached hydrogens (tertiary/aromatic N) is 2. The molecule has 0 unspecified atom stereocenters. The average Bonchev–Trinajstić information content (AvgIpc) is 2.33. The summed E-state index contributed by atoms with van der Waals surface area (Å²) in [5.74, 6) is -0.904. The molecule has 0 bridgehead atoms. The molecule has 1 aromatic heterocycles. The van der Waals surface area contributed by atoms with Crippen LogP contribution in [0.2, 0.25) is 0 Å². The SMILES string of the molecule is C=CCN(c1nc(C(F)(F)F)ccc1C(N)=O)C(C)C. The molecule has 0 aliphatic rings. The molecule has 0 aliphatic carbocycles. The molecule has 4 nitrogen and oxygen atoms in total. The number of alkyl halides is 3. The molecule has 0 aromatic carbocycles. The third-order valence-corrected chi connectivity index (χ3v) is 2.65. The Morgan fingerprint density at radius 3 is 2.50 bits per heavy atom. The Labute approximate surface area is 115 Å². The van der Waals surface area contributed by atoms with Gasteiger partial charge in [-0.25, -0.2) is 4.98 Å². The van der Waals surface area contributed by atoms with E-state index in [0.29, 0.717) is 0 Å². The Hall–Kier alpha value is -2.05. The van der Waals surface area contributed by atoms with Crippen molar-refractivity contribution in [1.29, 1.82) is 0 Å². The maximum Gasteiger partial charge on any atom is 0.433 e. The van der Waals surface area contributed by atoms with Crippen LogP contribution in [-0.2, 0) is 6.18 Å². The molecule has 1 amide bonds. The summed E-state index contributed by atoms with van der Waals surface area (Å²) < 4.78 is 38.2. The normalized spacial score (nSPS) is 11.5. The Balaban J connectivity index is 3.45. The van der Waals surface area contributed by atoms with Gasteiger partial charge in [-0.1, -0.05) is 6.08 Å². The van der Waals surface area contributed by atoms with Gasteiger partial charge in [0.1, 0.15) is 11.5 Å². The van der Waals surface area contributed by atoms with Crippen molar-refractivity contribution in [1.82, 2.24) is 4.98 Å². The molecule has 110 valence electrons. The molecule has 0 aliphatic heterocycles. The van der Waals surface area contributed by atoms with Crippen LogP contribution >= 0.6 is 0 Å². The molecule has 0 spiro atoms. The molecular formula is C13H16F3N3O. The van der Waals surface area contributed by atoms with Gasteiger partial charge in [-0.3, -0.25) is 4.79 Å². The van der Waals surface area contributed by atoms with Gasteiger partial charge in [-0.05, 0) is 26.0 Å². The second-order valence-corrected chi connectivity index (χ2v) is 4.46. The van der Waals surface area contributed by atoms with E-state index >= 15 is 0 Å². The predicted molar refractivity (Wildman–Crippen MR) is 70.4 cm³/mol. The van der Waals surface area contributed by atoms with E-state index < -0.39 is 17.8 Å². The van der Waals surface area contributed by atoms with Gasteiger partial charge in [0, 0.05) is 12.6 Å². The first-order valence-corrected chi connectivity index (χ1v) is 5.94. The minimum atomic E-state index is -4.58. The Kier molecular flexibility index (Phi) is 4.75. The Morgan fingerprint density at radius 2 is 2.10 bits per heavy atom. The van der Waals surface area contributed by atoms with Crippen molar-refractivity contribution in [3.63, 3.8) is 0 Å². The molecule has 1 aromatic rings. The number of halogens is 3. The van der Waals surface area contributed by atoms with Crippen LogP contribution in [0.15, 0.2) is 24.8 Å². The second-order valence-electron chi connectivity index (χ2n) is 4.46. The lowest BCUT2D eigenvalue weighted by Crippen LogP contribution is -2.34. The predicted octanol–water partition coefficient (Wildman–Crippen LogP) is 2.60. The van der Waals surface area contributed by atoms with Gasteiger partial charge in [0.05, 0.1) is 5.56 Å². The van der Waals surface area contributed by atoms with E-state index in [0.717, 1.165) is 12.1 Å². The van der Waals surface area contributed by atoms with Crippen LogP contribution in [0.25, 0.3) is 0 Å². The van der Waals surface area contributed by atoms with Gasteiger partial charge < -0.3 is 10.6 Å². The van der Waals surface area contributed by atoms with E-state index in [-0.39, 0.29) is 24.0 Å². The van der Waals surface area contributed by atoms with Crippen LogP contribution in [0.4, 0.5) is 19.0 Å². The molecule has 1 heterocycles. The fourth-order valence-corrected chi connectivity index (χ4v) is 1.70. The third kappa shape index (κ3) is 3.49. The van der Waals surface area contributed by atoms with Crippen LogP contribution in [-0.4, -0.2) is 23.5 Å². The van der Waals surface area contributed by atoms with E-state index in [1.807, 2.05) is 0 Å². The molecule has 0 radical (unpaired) electrons. The van der Waals surface area contributed by atoms with Crippen molar-refractivity contribution in [2.75, 3.05) is 11.4 Å². The number of nitrogens with two attached hydrogens (primary N) is 1. The zero-order valence-electron chi connectivity index (χ0n) is 11.2. The lowest BCUT2D eigenvalue weighted by Gasteiger charge is -2.28. The number of hydrogen-bond donors (Lipinski definition) is 1. The van der Waals surface area contributed by atoms with E-state index in [4.69, 9.17) is 5.73 Å². The first-order chi connectivity index (χ1) is 9.18. The van der Waals surface area contributed by atoms with Crippen molar-refractivity contribution in [3.05, 3.63) is 36.0 Å². The molecule has 7 heteroatoms. The van der Waals surface area contributed by atoms with Crippen LogP contribution < -0.4 is 10.6 Å². The van der Waals surface area contributed by atoms with E-state index in [1.165, 1.54) is 11.0 Å². The highest BCUT2D eigenvalue weighted by Crippen LogP contribution is 2.31. The number of carbonyl (C=O) groups is 1. The topological polar surface area (TPSA) is 59.2 Å². The highest BCUT2D eigenvalue weighted by atomic mass is 19.4. The number of anilines is 1. The number of carbonyl (C=O) groups excluding carboxylic acids is 1. The van der Waals surface area contributed by atoms with E-state index in [2.05, 4.69) is 11.6 Å². The standard InChI is InChI=1S/C13H16F3N3O/c1-4-7-19(8(2)3)12-9(11(17)20)5-6-10(18-12)13(14,15)16/h4-6,8H,1,7H2,2-3H3,(H2,17,20). The number of aromatic nitrogens is 1. The summed E-state index contributed by atoms with van der Waals surface area (Å²) >= 11 is 0. The maximum absolute atomic E-state index is 12.7. The summed E-state index contributed by atoms with van der Waals surface area (Å²) in [6, 6.07) is 1.63. The minimum Gasteiger partial charge on any atom is -0.365 e. The summed E-state index contributed by atoms with van der Waals surface area (Å²) in [4.78, 5) is 16.5. The van der Waals surface area contributed by atoms with Gasteiger partial charge in [0.15, 0.2) is 0 Å². The van der Waals surface area contributed by atoms with Crippen molar-refractivity contribution >= 4 is 11.7 Å². The van der Waals surface area contributed by atoms with Gasteiger partial charge in [0.2, 0.25) is 0 Å². The van der Waals surface area contributed by atoms with Crippen LogP contribution in [0.1, 0.15) is 29.9 Å². The van der Waals surface area contributed by atoms with Gasteiger partial charge >= 0.3 is 6.18 Å². The lowest BCUT2D eigenvalue weighted by atomic mass is 10.1. The van der Waals surface area contributed by atoms with Gasteiger partial charge in [-0.2, -0.15) is 13.2 Å². The average molecular weight is 287 g/mol. The smallest absolute Gasteiger partial charge is 0.365 e. The van der Waals surface area contributed by atoms with Crippen LogP contribution in [0.5, 0.6) is 0 Å². The number of amides is 1. The van der Waals surface area contributed by atoms with E-state index in [1.54, 1.807) is 13.8 Å². The first kappa shape index (κ1) is 16.0. The summed E-state index contributed by atoms with van der Waals surface area (Å²) in [5, 5.41) is 0. The molecule has 1 rings (SSSR count). The van der Waals surface area contributed by atoms with Gasteiger partial charge in [0.25, 0.3) is 5.91 Å². The van der Waals surface area contributed by atoms with Gasteiger partial charge in [-0.15, -0.1) is 6.58 Å². The fraction of sp³-hybridized carbons (Fsp3) is 0.385. The van der Waals surface area contributed by atoms with E-state index in [9.17, 15) is 18.0 Å². The number of pyridine rings is 1. The Morgan fingerprint density at radius 1 is 1.50 bits per heavy atom. The third-order valence-electron chi connectivity index (χ3n) is 2.65. The molecule has 2 N–H and O–H groups in total.